The number of aliphatic hydroxyl groups excluding tert-OH is 4. The lowest BCUT2D eigenvalue weighted by atomic mass is 9.81. The van der Waals surface area contributed by atoms with Gasteiger partial charge >= 0.3 is 0 Å². The maximum absolute atomic E-state index is 15.6. The molecular formula is C63H109N15O16. The zero-order valence-electron chi connectivity index (χ0n) is 56.1. The second kappa shape index (κ2) is 38.5. The van der Waals surface area contributed by atoms with Crippen molar-refractivity contribution in [1.82, 2.24) is 53.2 Å². The van der Waals surface area contributed by atoms with Gasteiger partial charge in [0.1, 0.15) is 48.3 Å². The Labute approximate surface area is 551 Å². The molecule has 1 fully saturated rings. The van der Waals surface area contributed by atoms with E-state index < -0.39 is 197 Å². The van der Waals surface area contributed by atoms with Crippen LogP contribution in [0.3, 0.4) is 0 Å². The third-order valence-corrected chi connectivity index (χ3v) is 15.4. The number of carbonyl (C=O) groups is 12. The Morgan fingerprint density at radius 2 is 1.11 bits per heavy atom. The number of hydrogen-bond acceptors (Lipinski definition) is 18. The number of Topliss-reactive ketones (excluding diaryl/α,β-unsaturated/α-hetero) is 1. The van der Waals surface area contributed by atoms with Crippen molar-refractivity contribution < 1.29 is 78.0 Å². The van der Waals surface area contributed by atoms with Gasteiger partial charge < -0.3 is 96.5 Å². The largest absolute Gasteiger partial charge is 0.394 e. The normalized spacial score (nSPS) is 25.1. The van der Waals surface area contributed by atoms with Crippen LogP contribution in [0.4, 0.5) is 0 Å². The predicted octanol–water partition coefficient (Wildman–Crippen LogP) is -2.97. The van der Waals surface area contributed by atoms with Crippen LogP contribution in [0.1, 0.15) is 161 Å². The van der Waals surface area contributed by atoms with Crippen LogP contribution >= 0.6 is 0 Å². The molecule has 1 unspecified atom stereocenters. The van der Waals surface area contributed by atoms with Gasteiger partial charge in [0.25, 0.3) is 0 Å². The van der Waals surface area contributed by atoms with Crippen LogP contribution in [-0.2, 0) is 57.5 Å². The number of benzene rings is 1. The van der Waals surface area contributed by atoms with Crippen LogP contribution in [0.25, 0.3) is 0 Å². The Hall–Kier alpha value is -7.87. The number of carbonyl (C=O) groups excluding carboxylic acids is 12. The number of rotatable bonds is 22. The lowest BCUT2D eigenvalue weighted by molar-refractivity contribution is -0.141. The van der Waals surface area contributed by atoms with E-state index in [9.17, 15) is 68.4 Å². The van der Waals surface area contributed by atoms with E-state index >= 15 is 9.59 Å². The molecule has 22 N–H and O–H groups in total. The molecule has 0 bridgehead atoms. The topological polar surface area (TPSA) is 522 Å². The van der Waals surface area contributed by atoms with Crippen LogP contribution in [0, 0.1) is 34.5 Å². The Bertz CT molecular complexity index is 2770. The monoisotopic (exact) mass is 1330 g/mol. The number of guanidine groups is 1. The van der Waals surface area contributed by atoms with E-state index in [2.05, 4.69) is 58.2 Å². The highest BCUT2D eigenvalue weighted by atomic mass is 16.3. The minimum Gasteiger partial charge on any atom is -0.394 e. The van der Waals surface area contributed by atoms with Crippen molar-refractivity contribution in [2.24, 2.45) is 62.4 Å². The molecule has 1 aromatic carbocycles. The van der Waals surface area contributed by atoms with Crippen molar-refractivity contribution in [3.8, 4) is 0 Å². The van der Waals surface area contributed by atoms with E-state index in [0.29, 0.717) is 0 Å². The first-order chi connectivity index (χ1) is 43.0. The quantitative estimate of drug-likeness (QED) is 0.0313. The van der Waals surface area contributed by atoms with Gasteiger partial charge in [0.2, 0.25) is 65.0 Å². The molecule has 0 spiro atoms. The fraction of sp³-hybridized carbons (Fsp3) is 0.698. The molecule has 0 radical (unpaired) electrons. The van der Waals surface area contributed by atoms with E-state index in [1.807, 2.05) is 20.8 Å². The number of primary amides is 1. The van der Waals surface area contributed by atoms with Crippen molar-refractivity contribution in [1.29, 1.82) is 0 Å². The van der Waals surface area contributed by atoms with E-state index in [-0.39, 0.29) is 69.9 Å². The first-order valence-corrected chi connectivity index (χ1v) is 31.4. The molecule has 31 nitrogen and oxygen atoms in total. The van der Waals surface area contributed by atoms with Gasteiger partial charge in [-0.05, 0) is 80.1 Å². The summed E-state index contributed by atoms with van der Waals surface area (Å²) in [5.74, 6) is -17.7. The molecule has 94 heavy (non-hydrogen) atoms. The summed E-state index contributed by atoms with van der Waals surface area (Å²) in [6, 6.07) is -11.2. The smallest absolute Gasteiger partial charge is 0.248 e. The van der Waals surface area contributed by atoms with Gasteiger partial charge in [-0.2, -0.15) is 0 Å². The van der Waals surface area contributed by atoms with Gasteiger partial charge in [0.15, 0.2) is 17.8 Å². The highest BCUT2D eigenvalue weighted by molar-refractivity contribution is 6.01. The summed E-state index contributed by atoms with van der Waals surface area (Å²) in [6.45, 7) is 21.6. The Morgan fingerprint density at radius 3 is 1.62 bits per heavy atom. The molecule has 0 aliphatic carbocycles. The predicted molar refractivity (Wildman–Crippen MR) is 350 cm³/mol. The number of aliphatic imine (C=N–C) groups is 1. The first-order valence-electron chi connectivity index (χ1n) is 31.4. The molecular weight excluding hydrogens is 1220 g/mol. The van der Waals surface area contributed by atoms with Gasteiger partial charge in [0, 0.05) is 13.0 Å². The van der Waals surface area contributed by atoms with Crippen molar-refractivity contribution in [3.63, 3.8) is 0 Å². The fourth-order valence-corrected chi connectivity index (χ4v) is 10.1. The third-order valence-electron chi connectivity index (χ3n) is 15.4. The van der Waals surface area contributed by atoms with Gasteiger partial charge in [-0.1, -0.05) is 127 Å². The van der Waals surface area contributed by atoms with Crippen molar-refractivity contribution in [3.05, 3.63) is 35.9 Å². The number of nitrogens with zero attached hydrogens (tertiary/aromatic N) is 1. The summed E-state index contributed by atoms with van der Waals surface area (Å²) in [6.07, 6.45) is -6.74. The summed E-state index contributed by atoms with van der Waals surface area (Å²) in [5, 5.41) is 69.3. The van der Waals surface area contributed by atoms with Gasteiger partial charge in [-0.25, -0.2) is 0 Å². The number of aliphatic hydroxyl groups is 4. The van der Waals surface area contributed by atoms with Crippen molar-refractivity contribution >= 4 is 76.7 Å². The number of nitrogens with one attached hydrogen (secondary N) is 10. The van der Waals surface area contributed by atoms with Crippen molar-refractivity contribution in [2.75, 3.05) is 13.2 Å². The molecule has 1 aliphatic rings. The lowest BCUT2D eigenvalue weighted by Gasteiger charge is -2.34. The van der Waals surface area contributed by atoms with Gasteiger partial charge in [0.05, 0.1) is 42.9 Å². The Morgan fingerprint density at radius 1 is 0.617 bits per heavy atom. The molecule has 0 aromatic heterocycles. The molecule has 1 aliphatic heterocycles. The second-order valence-electron chi connectivity index (χ2n) is 27.2. The molecule has 11 amide bonds. The van der Waals surface area contributed by atoms with Gasteiger partial charge in [-0.15, -0.1) is 0 Å². The molecule has 1 heterocycles. The molecule has 532 valence electrons. The van der Waals surface area contributed by atoms with Crippen LogP contribution in [0.2, 0.25) is 0 Å². The summed E-state index contributed by atoms with van der Waals surface area (Å²) in [5.41, 5.74) is 21.9. The maximum Gasteiger partial charge on any atom is 0.248 e. The van der Waals surface area contributed by atoms with Crippen LogP contribution < -0.4 is 76.1 Å². The number of hydrogen-bond donors (Lipinski definition) is 18. The minimum absolute atomic E-state index is 0. The summed E-state index contributed by atoms with van der Waals surface area (Å²) in [4.78, 5) is 176. The zero-order chi connectivity index (χ0) is 71.2. The maximum atomic E-state index is 15.6. The SMILES string of the molecule is C.CC[C@H](C)[C@@H]1NC(=O)[C@@H](CCCN=C(N)N)NC(=O)[C@H](CC(C)C)NC(=O)[C@H]([C@H](O)C(C)C)NC(=O)[C@@H](CC(=O)[C@H](CC(C)(C)C)NC(=O)[C@H](N)CC(C)(C)C)[C@@H](c2ccccc2)NC(=O)[C@H](CO)NC(=O)C([C@H](O)C(N)=O)NC(=O)[C@@H](C)NC(=O)[C@H]([C@H](C)O)NC1=O. The highest BCUT2D eigenvalue weighted by Crippen LogP contribution is 2.30. The Balaban J connectivity index is 0.0000442. The summed E-state index contributed by atoms with van der Waals surface area (Å²) >= 11 is 0. The molecule has 1 saturated heterocycles. The highest BCUT2D eigenvalue weighted by Gasteiger charge is 2.44. The molecule has 2 rings (SSSR count). The van der Waals surface area contributed by atoms with Crippen LogP contribution in [0.15, 0.2) is 35.3 Å². The number of amides is 11. The summed E-state index contributed by atoms with van der Waals surface area (Å²) in [7, 11) is 0. The van der Waals surface area contributed by atoms with Crippen LogP contribution in [-0.4, -0.2) is 189 Å². The van der Waals surface area contributed by atoms with E-state index in [1.165, 1.54) is 38.1 Å². The van der Waals surface area contributed by atoms with E-state index in [1.54, 1.807) is 54.5 Å². The van der Waals surface area contributed by atoms with Crippen molar-refractivity contribution in [2.45, 2.75) is 234 Å². The summed E-state index contributed by atoms with van der Waals surface area (Å²) < 4.78 is 0. The average molecular weight is 1330 g/mol. The Kier molecular flexibility index (Phi) is 34.4. The minimum atomic E-state index is -2.56. The van der Waals surface area contributed by atoms with Gasteiger partial charge in [-0.3, -0.25) is 62.5 Å². The molecule has 31 heteroatoms. The van der Waals surface area contributed by atoms with E-state index in [0.717, 1.165) is 13.8 Å². The number of ketones is 1. The number of nitrogens with two attached hydrogens (primary N) is 4. The third kappa shape index (κ3) is 27.6. The standard InChI is InChI=1S/C62H105N15O16.CH4/c1-15-31(6)42-56(90)74-43(33(8)79)57(91)68-32(7)50(84)76-46(48(82)49(64)83)59(93)72-40(28-78)55(89)75-44(34-20-17-16-18-21-34)35(25-41(80)39(27-62(12,13)14)71-52(86)36(63)26-61(9,10)11)51(85)77-45(47(81)30(4)5)58(92)70-38(24-29(2)3)54(88)69-37(53(87)73-42)22-19-23-67-60(65)66;/h16-18,20-21,29-33,35-40,42-48,78-79,81-82H,15,19,22-28,63H2,1-14H3,(H2,64,83)(H,68,91)(H,69,88)(H,70,92)(H,71,86)(H,72,93)(H,73,87)(H,74,90)(H,75,89)(H,76,84)(H,77,85)(H4,65,66,67);1H4/t31-,32+,33-,35-,36+,37+,38-,39-,40-,42-,43-,44+,45-,46?,47+,48-;/m0./s1. The zero-order valence-corrected chi connectivity index (χ0v) is 56.1. The first kappa shape index (κ1) is 84.1. The van der Waals surface area contributed by atoms with E-state index in [4.69, 9.17) is 22.9 Å². The van der Waals surface area contributed by atoms with Crippen LogP contribution in [0.5, 0.6) is 0 Å². The molecule has 16 atom stereocenters. The molecule has 0 saturated carbocycles. The fourth-order valence-electron chi connectivity index (χ4n) is 10.1. The lowest BCUT2D eigenvalue weighted by Crippen LogP contribution is -2.64. The second-order valence-corrected chi connectivity index (χ2v) is 27.2. The average Bonchev–Trinajstić information content (AvgIpc) is 0.825. The molecule has 1 aromatic rings.